The van der Waals surface area contributed by atoms with Crippen molar-refractivity contribution in [3.05, 3.63) is 12.7 Å². The molecule has 0 atom stereocenters. The van der Waals surface area contributed by atoms with E-state index in [2.05, 4.69) is 6.58 Å². The molecule has 0 aliphatic carbocycles. The van der Waals surface area contributed by atoms with Crippen LogP contribution in [0.3, 0.4) is 0 Å². The van der Waals surface area contributed by atoms with E-state index in [0.29, 0.717) is 0 Å². The third-order valence-electron chi connectivity index (χ3n) is 0.289. The number of hydrogen-bond donors (Lipinski definition) is 0. The van der Waals surface area contributed by atoms with Gasteiger partial charge in [0.05, 0.1) is 0 Å². The standard InChI is InChI=1S/C3H5.Al.Li.3H/c1-3-2;;;;;/h3H,1-2H2;;;;;/q;;+1;;;-1. The summed E-state index contributed by atoms with van der Waals surface area (Å²) in [5, 5.41) is 1.22. The summed E-state index contributed by atoms with van der Waals surface area (Å²) in [6.45, 7) is 3.51. The van der Waals surface area contributed by atoms with Crippen LogP contribution in [-0.2, 0) is 0 Å². The maximum Gasteiger partial charge on any atom is 1.00 e. The summed E-state index contributed by atoms with van der Waals surface area (Å²) in [6.07, 6.45) is 1.94. The number of rotatable bonds is 1. The summed E-state index contributed by atoms with van der Waals surface area (Å²) in [5.74, 6) is 0. The summed E-state index contributed by atoms with van der Waals surface area (Å²) < 4.78 is 0. The Kier molecular flexibility index (Phi) is 16.5. The van der Waals surface area contributed by atoms with Crippen molar-refractivity contribution in [1.82, 2.24) is 0 Å². The minimum atomic E-state index is 0. The Bertz CT molecular complexity index is 24.8. The summed E-state index contributed by atoms with van der Waals surface area (Å²) in [4.78, 5) is 0. The summed E-state index contributed by atoms with van der Waals surface area (Å²) in [7, 11) is 0. The van der Waals surface area contributed by atoms with Gasteiger partial charge in [-0.15, -0.1) is 12.7 Å². The predicted octanol–water partition coefficient (Wildman–Crippen LogP) is -2.66. The van der Waals surface area contributed by atoms with E-state index in [1.807, 2.05) is 6.08 Å². The van der Waals surface area contributed by atoms with Gasteiger partial charge < -0.3 is 1.43 Å². The minimum absolute atomic E-state index is 0. The largest absolute Gasteiger partial charge is 1.00 e. The molecule has 0 aliphatic heterocycles. The third kappa shape index (κ3) is 11.5. The van der Waals surface area contributed by atoms with Gasteiger partial charge in [0, 0.05) is 0 Å². The van der Waals surface area contributed by atoms with Crippen LogP contribution in [0.15, 0.2) is 12.7 Å². The quantitative estimate of drug-likeness (QED) is 0.237. The van der Waals surface area contributed by atoms with Gasteiger partial charge in [0.1, 0.15) is 0 Å². The topological polar surface area (TPSA) is 0 Å². The molecule has 0 aromatic heterocycles. The smallest absolute Gasteiger partial charge is 1.00 e. The molecular weight excluding hydrogens is 70.0 g/mol. The van der Waals surface area contributed by atoms with Gasteiger partial charge in [-0.05, 0) is 0 Å². The van der Waals surface area contributed by atoms with Gasteiger partial charge in [0.25, 0.3) is 0 Å². The van der Waals surface area contributed by atoms with Crippen molar-refractivity contribution in [3.63, 3.8) is 0 Å². The Labute approximate surface area is 54.7 Å². The van der Waals surface area contributed by atoms with Crippen LogP contribution in [0.25, 0.3) is 0 Å². The van der Waals surface area contributed by atoms with Crippen LogP contribution in [-0.4, -0.2) is 16.3 Å². The first-order chi connectivity index (χ1) is 1.91. The van der Waals surface area contributed by atoms with Crippen molar-refractivity contribution >= 4 is 16.3 Å². The van der Waals surface area contributed by atoms with Gasteiger partial charge >= 0.3 is 18.9 Å². The zero-order valence-corrected chi connectivity index (χ0v) is 5.99. The predicted molar refractivity (Wildman–Crippen MR) is 24.7 cm³/mol. The second-order valence-electron chi connectivity index (χ2n) is 0.697. The van der Waals surface area contributed by atoms with Crippen LogP contribution < -0.4 is 18.9 Å². The first-order valence-corrected chi connectivity index (χ1v) is 2.94. The summed E-state index contributed by atoms with van der Waals surface area (Å²) in [6, 6.07) is 0. The van der Waals surface area contributed by atoms with Gasteiger partial charge in [-0.3, -0.25) is 0 Å². The average molecular weight is 78.0 g/mol. The second kappa shape index (κ2) is 8.85. The summed E-state index contributed by atoms with van der Waals surface area (Å²) >= 11 is 1.27. The van der Waals surface area contributed by atoms with Gasteiger partial charge in [0.2, 0.25) is 16.3 Å². The Morgan fingerprint density at radius 3 is 2.20 bits per heavy atom. The maximum absolute atomic E-state index is 3.51. The van der Waals surface area contributed by atoms with E-state index in [1.54, 1.807) is 0 Å². The fourth-order valence-corrected chi connectivity index (χ4v) is 0. The molecule has 0 nitrogen and oxygen atoms in total. The monoisotopic (exact) mass is 78.1 g/mol. The van der Waals surface area contributed by atoms with Gasteiger partial charge in [-0.1, -0.05) is 5.28 Å². The van der Waals surface area contributed by atoms with Crippen LogP contribution in [0.1, 0.15) is 1.43 Å². The summed E-state index contributed by atoms with van der Waals surface area (Å²) in [5.41, 5.74) is 0. The Morgan fingerprint density at radius 2 is 2.20 bits per heavy atom. The molecule has 0 unspecified atom stereocenters. The molecule has 0 N–H and O–H groups in total. The SMILES string of the molecule is C=C[CH2][AlH2].[H-].[Li+]. The van der Waals surface area contributed by atoms with Crippen molar-refractivity contribution in [2.24, 2.45) is 0 Å². The average Bonchev–Trinajstić information content (AvgIpc) is 1.37. The second-order valence-corrected chi connectivity index (χ2v) is 1.51. The molecule has 0 spiro atoms. The molecule has 5 heavy (non-hydrogen) atoms. The van der Waals surface area contributed by atoms with E-state index in [4.69, 9.17) is 0 Å². The molecular formula is C3H8AlLi. The maximum atomic E-state index is 3.51. The van der Waals surface area contributed by atoms with E-state index in [-0.39, 0.29) is 20.3 Å². The van der Waals surface area contributed by atoms with Crippen LogP contribution >= 0.6 is 0 Å². The van der Waals surface area contributed by atoms with E-state index >= 15 is 0 Å². The Balaban J connectivity index is -0.0000000450. The zero-order valence-electron chi connectivity index (χ0n) is 4.99. The van der Waals surface area contributed by atoms with Crippen LogP contribution in [0.5, 0.6) is 0 Å². The molecule has 0 saturated carbocycles. The molecule has 0 fully saturated rings. The molecule has 24 valence electrons. The van der Waals surface area contributed by atoms with Crippen LogP contribution in [0.4, 0.5) is 0 Å². The molecule has 0 saturated heterocycles. The number of allylic oxidation sites excluding steroid dienone is 1. The minimum Gasteiger partial charge on any atom is -1.00 e. The Morgan fingerprint density at radius 1 is 2.00 bits per heavy atom. The van der Waals surface area contributed by atoms with Gasteiger partial charge in [-0.2, -0.15) is 0 Å². The third-order valence-corrected chi connectivity index (χ3v) is 0.866. The fourth-order valence-electron chi connectivity index (χ4n) is 0. The first-order valence-electron chi connectivity index (χ1n) is 1.52. The van der Waals surface area contributed by atoms with Gasteiger partial charge in [0.15, 0.2) is 0 Å². The molecule has 0 heterocycles. The molecule has 0 aromatic rings. The number of hydrogen-bond acceptors (Lipinski definition) is 0. The van der Waals surface area contributed by atoms with Crippen molar-refractivity contribution in [2.45, 2.75) is 5.28 Å². The van der Waals surface area contributed by atoms with Crippen LogP contribution in [0.2, 0.25) is 5.28 Å². The molecule has 2 heteroatoms. The normalized spacial score (nSPS) is 4.80. The van der Waals surface area contributed by atoms with E-state index in [9.17, 15) is 0 Å². The van der Waals surface area contributed by atoms with E-state index in [0.717, 1.165) is 0 Å². The van der Waals surface area contributed by atoms with E-state index in [1.165, 1.54) is 21.6 Å². The van der Waals surface area contributed by atoms with Crippen molar-refractivity contribution in [1.29, 1.82) is 0 Å². The Hall–Kier alpha value is 0.870. The van der Waals surface area contributed by atoms with Crippen LogP contribution in [0, 0.1) is 0 Å². The van der Waals surface area contributed by atoms with Crippen molar-refractivity contribution in [2.75, 3.05) is 0 Å². The van der Waals surface area contributed by atoms with Gasteiger partial charge in [-0.25, -0.2) is 0 Å². The molecule has 0 amide bonds. The van der Waals surface area contributed by atoms with Crippen molar-refractivity contribution in [3.8, 4) is 0 Å². The molecule has 0 radical (unpaired) electrons. The van der Waals surface area contributed by atoms with Crippen molar-refractivity contribution < 1.29 is 20.3 Å². The molecule has 0 aliphatic rings. The first kappa shape index (κ1) is 9.30. The molecule has 0 bridgehead atoms. The zero-order chi connectivity index (χ0) is 3.41. The fraction of sp³-hybridized carbons (Fsp3) is 0.333. The molecule has 0 rings (SSSR count). The van der Waals surface area contributed by atoms with E-state index < -0.39 is 0 Å². The molecule has 0 aromatic carbocycles.